The third-order valence-electron chi connectivity index (χ3n) is 3.78. The third kappa shape index (κ3) is 4.41. The van der Waals surface area contributed by atoms with Gasteiger partial charge < -0.3 is 10.2 Å². The van der Waals surface area contributed by atoms with Crippen LogP contribution in [0.25, 0.3) is 0 Å². The molecule has 1 heterocycles. The summed E-state index contributed by atoms with van der Waals surface area (Å²) in [6.07, 6.45) is -4.34. The molecule has 1 fully saturated rings. The van der Waals surface area contributed by atoms with Gasteiger partial charge in [0.1, 0.15) is 5.37 Å². The fourth-order valence-electron chi connectivity index (χ4n) is 2.54. The van der Waals surface area contributed by atoms with Crippen LogP contribution in [-0.2, 0) is 11.0 Å². The number of thioether (sulfide) groups is 1. The molecule has 3 nitrogen and oxygen atoms in total. The number of nitrogens with two attached hydrogens (primary N) is 1. The standard InChI is InChI=1S/C16H21F3N2OS/c1-10(2)20-8-9-21-14(22)11(3)23-15(21)12-4-6-13(7-5-12)16(17,18)19/h4-7,10-11,15,20H,8-9H2,1-3H3/p+1/t11-,15-/m0/s1. The van der Waals surface area contributed by atoms with Crippen molar-refractivity contribution in [3.8, 4) is 0 Å². The largest absolute Gasteiger partial charge is 0.416 e. The van der Waals surface area contributed by atoms with E-state index in [1.807, 2.05) is 6.92 Å². The quantitative estimate of drug-likeness (QED) is 0.889. The van der Waals surface area contributed by atoms with Gasteiger partial charge in [0.05, 0.1) is 29.9 Å². The summed E-state index contributed by atoms with van der Waals surface area (Å²) in [6.45, 7) is 7.39. The first kappa shape index (κ1) is 18.1. The minimum absolute atomic E-state index is 0.0528. The Morgan fingerprint density at radius 2 is 1.87 bits per heavy atom. The van der Waals surface area contributed by atoms with Crippen LogP contribution < -0.4 is 5.32 Å². The number of hydrogen-bond acceptors (Lipinski definition) is 2. The smallest absolute Gasteiger partial charge is 0.343 e. The van der Waals surface area contributed by atoms with Crippen molar-refractivity contribution < 1.29 is 23.3 Å². The molecule has 2 rings (SSSR count). The first-order valence-electron chi connectivity index (χ1n) is 7.66. The lowest BCUT2D eigenvalue weighted by atomic mass is 10.1. The van der Waals surface area contributed by atoms with Crippen LogP contribution in [0.4, 0.5) is 13.2 Å². The lowest BCUT2D eigenvalue weighted by molar-refractivity contribution is -0.682. The Morgan fingerprint density at radius 1 is 1.26 bits per heavy atom. The van der Waals surface area contributed by atoms with Gasteiger partial charge in [-0.25, -0.2) is 0 Å². The summed E-state index contributed by atoms with van der Waals surface area (Å²) in [5, 5.41) is 1.77. The summed E-state index contributed by atoms with van der Waals surface area (Å²) in [5.41, 5.74) is 0.0774. The van der Waals surface area contributed by atoms with E-state index in [0.29, 0.717) is 12.6 Å². The van der Waals surface area contributed by atoms with Crippen molar-refractivity contribution >= 4 is 17.7 Å². The summed E-state index contributed by atoms with van der Waals surface area (Å²) >= 11 is 1.49. The molecule has 1 amide bonds. The van der Waals surface area contributed by atoms with E-state index in [-0.39, 0.29) is 16.5 Å². The number of alkyl halides is 3. The van der Waals surface area contributed by atoms with Crippen molar-refractivity contribution in [2.75, 3.05) is 13.1 Å². The molecule has 7 heteroatoms. The number of quaternary nitrogens is 1. The van der Waals surface area contributed by atoms with Crippen LogP contribution in [0.3, 0.4) is 0 Å². The van der Waals surface area contributed by atoms with E-state index in [4.69, 9.17) is 0 Å². The minimum Gasteiger partial charge on any atom is -0.343 e. The molecule has 0 spiro atoms. The van der Waals surface area contributed by atoms with Crippen molar-refractivity contribution in [1.29, 1.82) is 0 Å². The number of hydrogen-bond donors (Lipinski definition) is 1. The Kier molecular flexibility index (Phi) is 5.62. The van der Waals surface area contributed by atoms with E-state index < -0.39 is 11.7 Å². The van der Waals surface area contributed by atoms with Gasteiger partial charge >= 0.3 is 6.18 Å². The Morgan fingerprint density at radius 3 is 2.39 bits per heavy atom. The highest BCUT2D eigenvalue weighted by Gasteiger charge is 2.39. The maximum absolute atomic E-state index is 12.7. The molecule has 1 aromatic carbocycles. The molecule has 1 saturated heterocycles. The van der Waals surface area contributed by atoms with Crippen molar-refractivity contribution in [2.24, 2.45) is 0 Å². The molecule has 23 heavy (non-hydrogen) atoms. The summed E-state index contributed by atoms with van der Waals surface area (Å²) in [5.74, 6) is 0.0528. The fraction of sp³-hybridized carbons (Fsp3) is 0.562. The highest BCUT2D eigenvalue weighted by Crippen LogP contribution is 2.43. The second kappa shape index (κ2) is 7.13. The molecular weight excluding hydrogens is 325 g/mol. The second-order valence-electron chi connectivity index (χ2n) is 6.05. The molecule has 2 N–H and O–H groups in total. The zero-order chi connectivity index (χ0) is 17.2. The molecule has 1 aliphatic heterocycles. The maximum atomic E-state index is 12.7. The van der Waals surface area contributed by atoms with Crippen LogP contribution in [0, 0.1) is 0 Å². The van der Waals surface area contributed by atoms with E-state index in [0.717, 1.165) is 24.2 Å². The molecule has 1 aromatic rings. The lowest BCUT2D eigenvalue weighted by Crippen LogP contribution is -2.89. The van der Waals surface area contributed by atoms with Gasteiger partial charge in [-0.05, 0) is 38.5 Å². The van der Waals surface area contributed by atoms with Gasteiger partial charge in [-0.3, -0.25) is 4.79 Å². The summed E-state index contributed by atoms with van der Waals surface area (Å²) in [7, 11) is 0. The van der Waals surface area contributed by atoms with E-state index in [9.17, 15) is 18.0 Å². The molecule has 0 aromatic heterocycles. The Labute approximate surface area is 138 Å². The summed E-state index contributed by atoms with van der Waals surface area (Å²) in [6, 6.07) is 5.57. The van der Waals surface area contributed by atoms with Gasteiger partial charge in [0.15, 0.2) is 0 Å². The van der Waals surface area contributed by atoms with E-state index in [1.54, 1.807) is 4.90 Å². The van der Waals surface area contributed by atoms with E-state index >= 15 is 0 Å². The van der Waals surface area contributed by atoms with Crippen LogP contribution in [0.1, 0.15) is 37.3 Å². The topological polar surface area (TPSA) is 36.9 Å². The average molecular weight is 347 g/mol. The monoisotopic (exact) mass is 347 g/mol. The van der Waals surface area contributed by atoms with Crippen molar-refractivity contribution in [1.82, 2.24) is 4.90 Å². The third-order valence-corrected chi connectivity index (χ3v) is 5.17. The van der Waals surface area contributed by atoms with Crippen LogP contribution >= 0.6 is 11.8 Å². The number of rotatable bonds is 5. The van der Waals surface area contributed by atoms with E-state index in [1.165, 1.54) is 23.9 Å². The van der Waals surface area contributed by atoms with Crippen molar-refractivity contribution in [3.63, 3.8) is 0 Å². The van der Waals surface area contributed by atoms with Gasteiger partial charge in [-0.1, -0.05) is 12.1 Å². The number of carbonyl (C=O) groups is 1. The van der Waals surface area contributed by atoms with Crippen molar-refractivity contribution in [2.45, 2.75) is 43.6 Å². The van der Waals surface area contributed by atoms with Gasteiger partial charge in [-0.2, -0.15) is 13.2 Å². The molecule has 0 bridgehead atoms. The highest BCUT2D eigenvalue weighted by atomic mass is 32.2. The predicted molar refractivity (Wildman–Crippen MR) is 84.9 cm³/mol. The number of halogens is 3. The first-order valence-corrected chi connectivity index (χ1v) is 8.61. The Hall–Kier alpha value is -1.21. The number of amides is 1. The van der Waals surface area contributed by atoms with Gasteiger partial charge in [0.25, 0.3) is 0 Å². The SMILES string of the molecule is CC(C)[NH2+]CCN1C(=O)[C@H](C)S[C@H]1c1ccc(C(F)(F)F)cc1. The molecule has 128 valence electrons. The molecule has 2 atom stereocenters. The zero-order valence-corrected chi connectivity index (χ0v) is 14.2. The number of nitrogens with zero attached hydrogens (tertiary/aromatic N) is 1. The van der Waals surface area contributed by atoms with Gasteiger partial charge in [-0.15, -0.1) is 11.8 Å². The molecule has 0 unspecified atom stereocenters. The van der Waals surface area contributed by atoms with Gasteiger partial charge in [0.2, 0.25) is 5.91 Å². The molecule has 0 saturated carbocycles. The predicted octanol–water partition coefficient (Wildman–Crippen LogP) is 2.64. The van der Waals surface area contributed by atoms with Crippen LogP contribution in [0.15, 0.2) is 24.3 Å². The Bertz CT molecular complexity index is 545. The minimum atomic E-state index is -4.34. The second-order valence-corrected chi connectivity index (χ2v) is 7.48. The maximum Gasteiger partial charge on any atom is 0.416 e. The average Bonchev–Trinajstić information content (AvgIpc) is 2.74. The molecule has 0 radical (unpaired) electrons. The van der Waals surface area contributed by atoms with Gasteiger partial charge in [0, 0.05) is 0 Å². The number of carbonyl (C=O) groups excluding carboxylic acids is 1. The first-order chi connectivity index (χ1) is 10.7. The fourth-order valence-corrected chi connectivity index (χ4v) is 3.85. The summed E-state index contributed by atoms with van der Waals surface area (Å²) < 4.78 is 38.0. The molecular formula is C16H22F3N2OS+. The summed E-state index contributed by atoms with van der Waals surface area (Å²) in [4.78, 5) is 14.1. The zero-order valence-electron chi connectivity index (χ0n) is 13.4. The molecule has 1 aliphatic rings. The normalized spacial score (nSPS) is 22.2. The Balaban J connectivity index is 2.13. The van der Waals surface area contributed by atoms with Crippen LogP contribution in [0.5, 0.6) is 0 Å². The molecule has 0 aliphatic carbocycles. The van der Waals surface area contributed by atoms with Crippen LogP contribution in [0.2, 0.25) is 0 Å². The van der Waals surface area contributed by atoms with Crippen molar-refractivity contribution in [3.05, 3.63) is 35.4 Å². The van der Waals surface area contributed by atoms with E-state index in [2.05, 4.69) is 19.2 Å². The highest BCUT2D eigenvalue weighted by molar-refractivity contribution is 8.01. The lowest BCUT2D eigenvalue weighted by Gasteiger charge is -2.24. The van der Waals surface area contributed by atoms with Crippen LogP contribution in [-0.4, -0.2) is 35.2 Å². The number of benzene rings is 1.